The molecule has 0 aliphatic carbocycles. The molecule has 1 heterocycles. The van der Waals surface area contributed by atoms with E-state index in [1.807, 2.05) is 0 Å². The van der Waals surface area contributed by atoms with Gasteiger partial charge in [0.1, 0.15) is 6.10 Å². The Hall–Kier alpha value is -1.43. The van der Waals surface area contributed by atoms with Gasteiger partial charge in [0.15, 0.2) is 6.29 Å². The summed E-state index contributed by atoms with van der Waals surface area (Å²) in [5.74, 6) is 0. The van der Waals surface area contributed by atoms with E-state index < -0.39 is 23.4 Å². The molecule has 0 radical (unpaired) electrons. The van der Waals surface area contributed by atoms with Gasteiger partial charge in [0.2, 0.25) is 0 Å². The van der Waals surface area contributed by atoms with E-state index in [0.29, 0.717) is 6.07 Å². The summed E-state index contributed by atoms with van der Waals surface area (Å²) in [7, 11) is 0. The highest BCUT2D eigenvalue weighted by molar-refractivity contribution is 5.60. The number of carbonyl (C=O) groups is 1. The number of rotatable bonds is 2. The Morgan fingerprint density at radius 1 is 1.50 bits per heavy atom. The zero-order valence-electron chi connectivity index (χ0n) is 6.82. The van der Waals surface area contributed by atoms with Crippen molar-refractivity contribution >= 4 is 6.29 Å². The molecule has 1 aromatic rings. The van der Waals surface area contributed by atoms with Gasteiger partial charge in [-0.1, -0.05) is 0 Å². The molecule has 1 unspecified atom stereocenters. The Morgan fingerprint density at radius 3 is 2.64 bits per heavy atom. The maximum absolute atomic E-state index is 12.3. The SMILES string of the molecule is O=CC(O)c1cnccc1C(F)(F)F. The molecule has 0 saturated carbocycles. The third-order valence-electron chi connectivity index (χ3n) is 1.60. The van der Waals surface area contributed by atoms with Gasteiger partial charge in [0, 0.05) is 18.0 Å². The number of alkyl halides is 3. The lowest BCUT2D eigenvalue weighted by molar-refractivity contribution is -0.139. The second-order valence-corrected chi connectivity index (χ2v) is 2.54. The topological polar surface area (TPSA) is 50.2 Å². The first-order valence-electron chi connectivity index (χ1n) is 3.61. The number of aldehydes is 1. The second kappa shape index (κ2) is 3.75. The summed E-state index contributed by atoms with van der Waals surface area (Å²) in [5, 5.41) is 8.97. The summed E-state index contributed by atoms with van der Waals surface area (Å²) in [6, 6.07) is 0.710. The van der Waals surface area contributed by atoms with Gasteiger partial charge in [-0.15, -0.1) is 0 Å². The van der Waals surface area contributed by atoms with Gasteiger partial charge in [-0.2, -0.15) is 13.2 Å². The van der Waals surface area contributed by atoms with Crippen LogP contribution in [0.25, 0.3) is 0 Å². The second-order valence-electron chi connectivity index (χ2n) is 2.54. The first-order valence-corrected chi connectivity index (χ1v) is 3.61. The van der Waals surface area contributed by atoms with Crippen LogP contribution >= 0.6 is 0 Å². The monoisotopic (exact) mass is 205 g/mol. The minimum atomic E-state index is -4.59. The van der Waals surface area contributed by atoms with Crippen LogP contribution in [-0.2, 0) is 11.0 Å². The van der Waals surface area contributed by atoms with Crippen molar-refractivity contribution in [2.75, 3.05) is 0 Å². The van der Waals surface area contributed by atoms with Crippen molar-refractivity contribution < 1.29 is 23.1 Å². The maximum atomic E-state index is 12.3. The number of aliphatic hydroxyl groups is 1. The number of halogens is 3. The Balaban J connectivity index is 3.22. The van der Waals surface area contributed by atoms with Crippen molar-refractivity contribution in [3.63, 3.8) is 0 Å². The lowest BCUT2D eigenvalue weighted by Crippen LogP contribution is -2.12. The standard InChI is InChI=1S/C8H6F3NO2/c9-8(10,11)6-1-2-12-3-5(6)7(14)4-13/h1-4,7,14H. The molecule has 6 heteroatoms. The van der Waals surface area contributed by atoms with E-state index in [2.05, 4.69) is 4.98 Å². The summed E-state index contributed by atoms with van der Waals surface area (Å²) >= 11 is 0. The summed E-state index contributed by atoms with van der Waals surface area (Å²) in [6.45, 7) is 0. The van der Waals surface area contributed by atoms with Gasteiger partial charge < -0.3 is 9.90 Å². The van der Waals surface area contributed by atoms with E-state index in [1.165, 1.54) is 0 Å². The van der Waals surface area contributed by atoms with Crippen molar-refractivity contribution in [1.29, 1.82) is 0 Å². The fourth-order valence-electron chi connectivity index (χ4n) is 0.974. The number of hydrogen-bond acceptors (Lipinski definition) is 3. The lowest BCUT2D eigenvalue weighted by atomic mass is 10.1. The molecule has 1 aromatic heterocycles. The number of aliphatic hydroxyl groups excluding tert-OH is 1. The van der Waals surface area contributed by atoms with Gasteiger partial charge in [-0.25, -0.2) is 0 Å². The third-order valence-corrected chi connectivity index (χ3v) is 1.60. The first kappa shape index (κ1) is 10.6. The molecule has 76 valence electrons. The number of hydrogen-bond donors (Lipinski definition) is 1. The van der Waals surface area contributed by atoms with Crippen molar-refractivity contribution in [1.82, 2.24) is 4.98 Å². The average Bonchev–Trinajstić information content (AvgIpc) is 2.15. The minimum absolute atomic E-state index is 0.0201. The zero-order chi connectivity index (χ0) is 10.8. The Morgan fingerprint density at radius 2 is 2.14 bits per heavy atom. The largest absolute Gasteiger partial charge is 0.416 e. The summed E-state index contributed by atoms with van der Waals surface area (Å²) in [6.07, 6.45) is -4.60. The van der Waals surface area contributed by atoms with E-state index in [4.69, 9.17) is 5.11 Å². The predicted molar refractivity (Wildman–Crippen MR) is 40.3 cm³/mol. The van der Waals surface area contributed by atoms with Crippen molar-refractivity contribution in [2.45, 2.75) is 12.3 Å². The number of pyridine rings is 1. The molecule has 0 aliphatic heterocycles. The molecule has 0 amide bonds. The number of nitrogens with zero attached hydrogens (tertiary/aromatic N) is 1. The van der Waals surface area contributed by atoms with Crippen LogP contribution in [0.4, 0.5) is 13.2 Å². The predicted octanol–water partition coefficient (Wildman–Crippen LogP) is 1.33. The minimum Gasteiger partial charge on any atom is -0.381 e. The van der Waals surface area contributed by atoms with Crippen LogP contribution in [-0.4, -0.2) is 16.4 Å². The van der Waals surface area contributed by atoms with Gasteiger partial charge in [-0.05, 0) is 6.07 Å². The van der Waals surface area contributed by atoms with Crippen LogP contribution in [0, 0.1) is 0 Å². The van der Waals surface area contributed by atoms with Gasteiger partial charge in [-0.3, -0.25) is 4.98 Å². The van der Waals surface area contributed by atoms with Crippen LogP contribution in [0.2, 0.25) is 0 Å². The van der Waals surface area contributed by atoms with Crippen LogP contribution in [0.5, 0.6) is 0 Å². The lowest BCUT2D eigenvalue weighted by Gasteiger charge is -2.12. The fraction of sp³-hybridized carbons (Fsp3) is 0.250. The van der Waals surface area contributed by atoms with E-state index in [1.54, 1.807) is 0 Å². The number of carbonyl (C=O) groups excluding carboxylic acids is 1. The normalized spacial score (nSPS) is 13.7. The van der Waals surface area contributed by atoms with Gasteiger partial charge in [0.25, 0.3) is 0 Å². The average molecular weight is 205 g/mol. The molecule has 0 bridgehead atoms. The molecule has 1 atom stereocenters. The smallest absolute Gasteiger partial charge is 0.381 e. The van der Waals surface area contributed by atoms with Crippen molar-refractivity contribution in [3.8, 4) is 0 Å². The van der Waals surface area contributed by atoms with Crippen LogP contribution in [0.15, 0.2) is 18.5 Å². The highest BCUT2D eigenvalue weighted by Gasteiger charge is 2.34. The molecule has 0 spiro atoms. The third kappa shape index (κ3) is 2.08. The maximum Gasteiger partial charge on any atom is 0.416 e. The fourth-order valence-corrected chi connectivity index (χ4v) is 0.974. The highest BCUT2D eigenvalue weighted by Crippen LogP contribution is 2.33. The van der Waals surface area contributed by atoms with Crippen LogP contribution in [0.1, 0.15) is 17.2 Å². The Kier molecular flexibility index (Phi) is 2.85. The summed E-state index contributed by atoms with van der Waals surface area (Å²) < 4.78 is 36.9. The molecular weight excluding hydrogens is 199 g/mol. The van der Waals surface area contributed by atoms with Crippen molar-refractivity contribution in [3.05, 3.63) is 29.6 Å². The van der Waals surface area contributed by atoms with E-state index in [-0.39, 0.29) is 6.29 Å². The molecule has 0 aliphatic rings. The molecular formula is C8H6F3NO2. The van der Waals surface area contributed by atoms with Crippen molar-refractivity contribution in [2.24, 2.45) is 0 Å². The molecule has 0 fully saturated rings. The highest BCUT2D eigenvalue weighted by atomic mass is 19.4. The van der Waals surface area contributed by atoms with Crippen LogP contribution in [0.3, 0.4) is 0 Å². The van der Waals surface area contributed by atoms with E-state index in [0.717, 1.165) is 12.4 Å². The summed E-state index contributed by atoms with van der Waals surface area (Å²) in [5.41, 5.74) is -1.58. The molecule has 1 rings (SSSR count). The summed E-state index contributed by atoms with van der Waals surface area (Å²) in [4.78, 5) is 13.5. The zero-order valence-corrected chi connectivity index (χ0v) is 6.82. The van der Waals surface area contributed by atoms with Crippen LogP contribution < -0.4 is 0 Å². The van der Waals surface area contributed by atoms with E-state index in [9.17, 15) is 18.0 Å². The molecule has 14 heavy (non-hydrogen) atoms. The number of aromatic nitrogens is 1. The molecule has 0 saturated heterocycles. The van der Waals surface area contributed by atoms with E-state index >= 15 is 0 Å². The molecule has 1 N–H and O–H groups in total. The first-order chi connectivity index (χ1) is 6.46. The molecule has 0 aromatic carbocycles. The van der Waals surface area contributed by atoms with Gasteiger partial charge >= 0.3 is 6.18 Å². The molecule has 3 nitrogen and oxygen atoms in total. The quantitative estimate of drug-likeness (QED) is 0.741. The Bertz CT molecular complexity index is 338. The van der Waals surface area contributed by atoms with Gasteiger partial charge in [0.05, 0.1) is 5.56 Å². The Labute approximate surface area is 77.2 Å².